The number of ether oxygens (including phenoxy) is 1. The topological polar surface area (TPSA) is 9.23 Å². The van der Waals surface area contributed by atoms with Crippen LogP contribution in [0, 0.1) is 6.07 Å². The fourth-order valence-electron chi connectivity index (χ4n) is 0.673. The minimum Gasteiger partial charge on any atom is -0.318 e. The summed E-state index contributed by atoms with van der Waals surface area (Å²) in [6, 6.07) is 9.63. The molecule has 0 amide bonds. The molecule has 11 heavy (non-hydrogen) atoms. The first-order valence-electron chi connectivity index (χ1n) is 3.14. The monoisotopic (exact) mass is 157 g/mol. The molecule has 3 heteroatoms. The van der Waals surface area contributed by atoms with Crippen LogP contribution in [0.1, 0.15) is 5.56 Å². The second-order valence-electron chi connectivity index (χ2n) is 1.96. The summed E-state index contributed by atoms with van der Waals surface area (Å²) in [6.07, 6.45) is 0. The van der Waals surface area contributed by atoms with Crippen molar-refractivity contribution in [1.82, 2.24) is 0 Å². The van der Waals surface area contributed by atoms with Gasteiger partial charge in [-0.1, -0.05) is 24.3 Å². The lowest BCUT2D eigenvalue weighted by Crippen LogP contribution is -1.98. The summed E-state index contributed by atoms with van der Waals surface area (Å²) in [7, 11) is 0. The molecule has 1 rings (SSSR count). The summed E-state index contributed by atoms with van der Waals surface area (Å²) < 4.78 is 27.0. The van der Waals surface area contributed by atoms with Crippen molar-refractivity contribution in [2.24, 2.45) is 0 Å². The van der Waals surface area contributed by atoms with Gasteiger partial charge in [-0.05, 0) is 11.6 Å². The molecule has 0 unspecified atom stereocenters. The SMILES string of the molecule is FC(F)OCc1[c]cccc1. The lowest BCUT2D eigenvalue weighted by Gasteiger charge is -2.00. The van der Waals surface area contributed by atoms with Gasteiger partial charge in [-0.15, -0.1) is 0 Å². The van der Waals surface area contributed by atoms with E-state index in [1.807, 2.05) is 0 Å². The summed E-state index contributed by atoms with van der Waals surface area (Å²) in [6.45, 7) is -2.79. The lowest BCUT2D eigenvalue weighted by molar-refractivity contribution is -0.137. The number of alkyl halides is 2. The standard InChI is InChI=1S/C8H7F2O/c9-8(10)11-6-7-4-2-1-3-5-7/h1-4,8H,6H2. The zero-order valence-corrected chi connectivity index (χ0v) is 5.76. The minimum absolute atomic E-state index is 0.0848. The molecule has 0 saturated carbocycles. The molecule has 0 atom stereocenters. The van der Waals surface area contributed by atoms with Gasteiger partial charge in [0, 0.05) is 0 Å². The number of hydrogen-bond donors (Lipinski definition) is 0. The Morgan fingerprint density at radius 3 is 2.82 bits per heavy atom. The van der Waals surface area contributed by atoms with Gasteiger partial charge >= 0.3 is 6.61 Å². The first-order chi connectivity index (χ1) is 5.29. The number of hydrogen-bond acceptors (Lipinski definition) is 1. The first kappa shape index (κ1) is 8.14. The highest BCUT2D eigenvalue weighted by atomic mass is 19.3. The molecule has 0 aliphatic carbocycles. The van der Waals surface area contributed by atoms with Crippen LogP contribution in [0.25, 0.3) is 0 Å². The van der Waals surface area contributed by atoms with Crippen LogP contribution in [0.4, 0.5) is 8.78 Å². The van der Waals surface area contributed by atoms with Crippen LogP contribution in [0.2, 0.25) is 0 Å². The van der Waals surface area contributed by atoms with Gasteiger partial charge in [-0.2, -0.15) is 8.78 Å². The highest BCUT2D eigenvalue weighted by Crippen LogP contribution is 2.03. The van der Waals surface area contributed by atoms with Crippen LogP contribution in [-0.2, 0) is 11.3 Å². The van der Waals surface area contributed by atoms with Crippen molar-refractivity contribution in [2.45, 2.75) is 13.2 Å². The van der Waals surface area contributed by atoms with Crippen LogP contribution >= 0.6 is 0 Å². The molecule has 0 aliphatic heterocycles. The van der Waals surface area contributed by atoms with Crippen LogP contribution in [-0.4, -0.2) is 6.61 Å². The van der Waals surface area contributed by atoms with Gasteiger partial charge in [-0.25, -0.2) is 0 Å². The maximum atomic E-state index is 11.5. The molecule has 0 spiro atoms. The van der Waals surface area contributed by atoms with Crippen LogP contribution in [0.3, 0.4) is 0 Å². The molecule has 59 valence electrons. The highest BCUT2D eigenvalue weighted by Gasteiger charge is 2.00. The van der Waals surface area contributed by atoms with Crippen molar-refractivity contribution in [3.63, 3.8) is 0 Å². The molecule has 0 N–H and O–H groups in total. The van der Waals surface area contributed by atoms with E-state index in [0.29, 0.717) is 5.56 Å². The molecule has 1 aromatic rings. The Bertz CT molecular complexity index is 199. The second-order valence-corrected chi connectivity index (χ2v) is 1.96. The Balaban J connectivity index is 2.39. The van der Waals surface area contributed by atoms with Crippen LogP contribution in [0.15, 0.2) is 24.3 Å². The van der Waals surface area contributed by atoms with Crippen LogP contribution in [0.5, 0.6) is 0 Å². The van der Waals surface area contributed by atoms with E-state index >= 15 is 0 Å². The van der Waals surface area contributed by atoms with E-state index < -0.39 is 6.61 Å². The predicted octanol–water partition coefficient (Wildman–Crippen LogP) is 2.23. The highest BCUT2D eigenvalue weighted by molar-refractivity contribution is 5.11. The molecule has 0 heterocycles. The Morgan fingerprint density at radius 1 is 1.45 bits per heavy atom. The van der Waals surface area contributed by atoms with Crippen molar-refractivity contribution in [3.8, 4) is 0 Å². The van der Waals surface area contributed by atoms with E-state index in [-0.39, 0.29) is 6.61 Å². The van der Waals surface area contributed by atoms with Gasteiger partial charge < -0.3 is 4.74 Å². The number of halogens is 2. The van der Waals surface area contributed by atoms with Gasteiger partial charge in [0.05, 0.1) is 6.61 Å². The van der Waals surface area contributed by atoms with Crippen molar-refractivity contribution >= 4 is 0 Å². The van der Waals surface area contributed by atoms with E-state index in [1.165, 1.54) is 0 Å². The van der Waals surface area contributed by atoms with E-state index in [1.54, 1.807) is 24.3 Å². The van der Waals surface area contributed by atoms with Crippen molar-refractivity contribution in [3.05, 3.63) is 35.9 Å². The van der Waals surface area contributed by atoms with Gasteiger partial charge in [0.25, 0.3) is 0 Å². The van der Waals surface area contributed by atoms with E-state index in [0.717, 1.165) is 0 Å². The predicted molar refractivity (Wildman–Crippen MR) is 36.1 cm³/mol. The van der Waals surface area contributed by atoms with E-state index in [9.17, 15) is 8.78 Å². The summed E-state index contributed by atoms with van der Waals surface area (Å²) in [5.74, 6) is 0. The molecule has 0 aromatic heterocycles. The maximum absolute atomic E-state index is 11.5. The zero-order valence-electron chi connectivity index (χ0n) is 5.76. The molecule has 0 saturated heterocycles. The van der Waals surface area contributed by atoms with E-state index in [2.05, 4.69) is 10.8 Å². The summed E-state index contributed by atoms with van der Waals surface area (Å²) in [5, 5.41) is 0. The molecule has 1 nitrogen and oxygen atoms in total. The van der Waals surface area contributed by atoms with E-state index in [4.69, 9.17) is 0 Å². The third kappa shape index (κ3) is 3.09. The summed E-state index contributed by atoms with van der Waals surface area (Å²) in [4.78, 5) is 0. The van der Waals surface area contributed by atoms with Crippen LogP contribution < -0.4 is 0 Å². The van der Waals surface area contributed by atoms with Gasteiger partial charge in [0.2, 0.25) is 0 Å². The smallest absolute Gasteiger partial charge is 0.318 e. The average molecular weight is 157 g/mol. The summed E-state index contributed by atoms with van der Waals surface area (Å²) in [5.41, 5.74) is 0.632. The van der Waals surface area contributed by atoms with Gasteiger partial charge in [0.1, 0.15) is 0 Å². The lowest BCUT2D eigenvalue weighted by atomic mass is 10.2. The fourth-order valence-corrected chi connectivity index (χ4v) is 0.673. The molecule has 0 aliphatic rings. The fraction of sp³-hybridized carbons (Fsp3) is 0.250. The first-order valence-corrected chi connectivity index (χ1v) is 3.14. The largest absolute Gasteiger partial charge is 0.345 e. The molecule has 0 bridgehead atoms. The van der Waals surface area contributed by atoms with Gasteiger partial charge in [-0.3, -0.25) is 0 Å². The molecule has 1 radical (unpaired) electrons. The minimum atomic E-state index is -2.70. The zero-order chi connectivity index (χ0) is 8.10. The molecule has 0 fully saturated rings. The third-order valence-corrected chi connectivity index (χ3v) is 1.14. The summed E-state index contributed by atoms with van der Waals surface area (Å²) >= 11 is 0. The average Bonchev–Trinajstić information content (AvgIpc) is 2.03. The van der Waals surface area contributed by atoms with Crippen molar-refractivity contribution in [1.29, 1.82) is 0 Å². The van der Waals surface area contributed by atoms with Gasteiger partial charge in [0.15, 0.2) is 0 Å². The van der Waals surface area contributed by atoms with Crippen molar-refractivity contribution < 1.29 is 13.5 Å². The molecular formula is C8H7F2O. The Labute approximate surface area is 63.6 Å². The maximum Gasteiger partial charge on any atom is 0.345 e. The Kier molecular flexibility index (Phi) is 2.98. The molecule has 1 aromatic carbocycles. The Morgan fingerprint density at radius 2 is 2.27 bits per heavy atom. The third-order valence-electron chi connectivity index (χ3n) is 1.14. The normalized spacial score (nSPS) is 10.5. The molecular weight excluding hydrogens is 150 g/mol. The second kappa shape index (κ2) is 4.03. The number of rotatable bonds is 3. The quantitative estimate of drug-likeness (QED) is 0.653. The van der Waals surface area contributed by atoms with Crippen molar-refractivity contribution in [2.75, 3.05) is 0 Å². The number of benzene rings is 1. The Hall–Kier alpha value is -0.960.